The van der Waals surface area contributed by atoms with Crippen molar-refractivity contribution in [2.45, 2.75) is 18.8 Å². The molecular formula is C11H12N6O. The van der Waals surface area contributed by atoms with Crippen molar-refractivity contribution in [1.29, 1.82) is 0 Å². The van der Waals surface area contributed by atoms with Crippen LogP contribution in [0.5, 0.6) is 0 Å². The minimum absolute atomic E-state index is 0.142. The zero-order valence-electron chi connectivity index (χ0n) is 9.68. The van der Waals surface area contributed by atoms with Crippen LogP contribution in [0.25, 0.3) is 0 Å². The van der Waals surface area contributed by atoms with E-state index in [1.54, 1.807) is 18.6 Å². The molecule has 2 aromatic rings. The van der Waals surface area contributed by atoms with Crippen molar-refractivity contribution in [1.82, 2.24) is 25.0 Å². The molecule has 0 spiro atoms. The Balaban J connectivity index is 1.64. The molecule has 92 valence electrons. The summed E-state index contributed by atoms with van der Waals surface area (Å²) in [5.41, 5.74) is 1.03. The van der Waals surface area contributed by atoms with Crippen LogP contribution in [-0.2, 0) is 11.3 Å². The predicted molar refractivity (Wildman–Crippen MR) is 61.9 cm³/mol. The number of fused-ring (bicyclic) bond motifs is 3. The second kappa shape index (κ2) is 3.74. The van der Waals surface area contributed by atoms with Crippen molar-refractivity contribution in [2.24, 2.45) is 0 Å². The smallest absolute Gasteiger partial charge is 0.225 e. The molecule has 7 nitrogen and oxygen atoms in total. The fraction of sp³-hybridized carbons (Fsp3) is 0.455. The molecule has 0 amide bonds. The second-order valence-electron chi connectivity index (χ2n) is 4.54. The van der Waals surface area contributed by atoms with Gasteiger partial charge in [-0.25, -0.2) is 14.6 Å². The van der Waals surface area contributed by atoms with Crippen molar-refractivity contribution in [3.63, 3.8) is 0 Å². The first-order chi connectivity index (χ1) is 8.92. The third-order valence-electron chi connectivity index (χ3n) is 3.48. The van der Waals surface area contributed by atoms with Gasteiger partial charge in [-0.3, -0.25) is 0 Å². The van der Waals surface area contributed by atoms with Crippen LogP contribution >= 0.6 is 0 Å². The lowest BCUT2D eigenvalue weighted by molar-refractivity contribution is -0.00255. The fourth-order valence-corrected chi connectivity index (χ4v) is 2.61. The summed E-state index contributed by atoms with van der Waals surface area (Å²) in [5, 5.41) is 8.09. The molecule has 0 aromatic carbocycles. The van der Waals surface area contributed by atoms with Crippen molar-refractivity contribution < 1.29 is 4.74 Å². The number of anilines is 1. The van der Waals surface area contributed by atoms with E-state index in [0.717, 1.165) is 24.7 Å². The molecule has 7 heteroatoms. The minimum Gasteiger partial charge on any atom is -0.368 e. The SMILES string of the molecule is c1cnc(N2CC3OCc4cnnn4C3C2)nc1. The average Bonchev–Trinajstić information content (AvgIpc) is 3.05. The molecular weight excluding hydrogens is 232 g/mol. The van der Waals surface area contributed by atoms with Gasteiger partial charge in [0.15, 0.2) is 0 Å². The third kappa shape index (κ3) is 1.40. The zero-order valence-corrected chi connectivity index (χ0v) is 9.68. The Bertz CT molecular complexity index is 556. The summed E-state index contributed by atoms with van der Waals surface area (Å²) in [6, 6.07) is 2.03. The first kappa shape index (κ1) is 9.95. The summed E-state index contributed by atoms with van der Waals surface area (Å²) in [6.45, 7) is 2.19. The number of hydrogen-bond acceptors (Lipinski definition) is 6. The van der Waals surface area contributed by atoms with Crippen LogP contribution in [0.2, 0.25) is 0 Å². The van der Waals surface area contributed by atoms with Crippen LogP contribution in [0.15, 0.2) is 24.7 Å². The monoisotopic (exact) mass is 244 g/mol. The summed E-state index contributed by atoms with van der Waals surface area (Å²) < 4.78 is 7.81. The molecule has 2 atom stereocenters. The van der Waals surface area contributed by atoms with Crippen LogP contribution < -0.4 is 4.90 Å². The Kier molecular flexibility index (Phi) is 2.07. The van der Waals surface area contributed by atoms with Crippen molar-refractivity contribution >= 4 is 5.95 Å². The van der Waals surface area contributed by atoms with Gasteiger partial charge in [0.05, 0.1) is 30.6 Å². The van der Waals surface area contributed by atoms with Crippen LogP contribution in [0.1, 0.15) is 11.7 Å². The molecule has 0 aliphatic carbocycles. The van der Waals surface area contributed by atoms with Gasteiger partial charge >= 0.3 is 0 Å². The molecule has 2 aliphatic heterocycles. The summed E-state index contributed by atoms with van der Waals surface area (Å²) >= 11 is 0. The Morgan fingerprint density at radius 3 is 3.00 bits per heavy atom. The van der Waals surface area contributed by atoms with Gasteiger partial charge < -0.3 is 9.64 Å². The fourth-order valence-electron chi connectivity index (χ4n) is 2.61. The molecule has 1 saturated heterocycles. The van der Waals surface area contributed by atoms with Gasteiger partial charge in [0, 0.05) is 25.5 Å². The normalized spacial score (nSPS) is 25.9. The molecule has 0 saturated carbocycles. The lowest BCUT2D eigenvalue weighted by atomic mass is 10.2. The quantitative estimate of drug-likeness (QED) is 0.705. The number of aromatic nitrogens is 5. The van der Waals surface area contributed by atoms with Gasteiger partial charge in [0.2, 0.25) is 5.95 Å². The number of nitrogens with zero attached hydrogens (tertiary/aromatic N) is 6. The van der Waals surface area contributed by atoms with Gasteiger partial charge in [-0.2, -0.15) is 0 Å². The summed E-state index contributed by atoms with van der Waals surface area (Å²) in [7, 11) is 0. The van der Waals surface area contributed by atoms with Gasteiger partial charge in [-0.1, -0.05) is 5.21 Å². The topological polar surface area (TPSA) is 69.0 Å². The largest absolute Gasteiger partial charge is 0.368 e. The van der Waals surface area contributed by atoms with E-state index in [9.17, 15) is 0 Å². The molecule has 4 heterocycles. The van der Waals surface area contributed by atoms with Crippen molar-refractivity contribution in [2.75, 3.05) is 18.0 Å². The Labute approximate surface area is 103 Å². The van der Waals surface area contributed by atoms with E-state index in [0.29, 0.717) is 6.61 Å². The lowest BCUT2D eigenvalue weighted by Gasteiger charge is -2.25. The van der Waals surface area contributed by atoms with E-state index in [-0.39, 0.29) is 12.1 Å². The highest BCUT2D eigenvalue weighted by molar-refractivity contribution is 5.32. The Morgan fingerprint density at radius 2 is 2.11 bits per heavy atom. The van der Waals surface area contributed by atoms with E-state index in [1.807, 2.05) is 10.7 Å². The van der Waals surface area contributed by atoms with Crippen LogP contribution in [-0.4, -0.2) is 44.2 Å². The second-order valence-corrected chi connectivity index (χ2v) is 4.54. The number of hydrogen-bond donors (Lipinski definition) is 0. The summed E-state index contributed by atoms with van der Waals surface area (Å²) in [4.78, 5) is 10.7. The maximum atomic E-state index is 5.84. The molecule has 2 aromatic heterocycles. The molecule has 0 N–H and O–H groups in total. The molecule has 2 unspecified atom stereocenters. The molecule has 0 bridgehead atoms. The van der Waals surface area contributed by atoms with E-state index in [2.05, 4.69) is 25.2 Å². The lowest BCUT2D eigenvalue weighted by Crippen LogP contribution is -2.32. The minimum atomic E-state index is 0.142. The van der Waals surface area contributed by atoms with E-state index in [4.69, 9.17) is 4.74 Å². The van der Waals surface area contributed by atoms with E-state index in [1.165, 1.54) is 0 Å². The highest BCUT2D eigenvalue weighted by atomic mass is 16.5. The van der Waals surface area contributed by atoms with Crippen LogP contribution in [0.3, 0.4) is 0 Å². The zero-order chi connectivity index (χ0) is 11.9. The molecule has 0 radical (unpaired) electrons. The van der Waals surface area contributed by atoms with E-state index < -0.39 is 0 Å². The van der Waals surface area contributed by atoms with Crippen LogP contribution in [0.4, 0.5) is 5.95 Å². The Morgan fingerprint density at radius 1 is 1.22 bits per heavy atom. The van der Waals surface area contributed by atoms with Gasteiger partial charge in [0.1, 0.15) is 0 Å². The van der Waals surface area contributed by atoms with Gasteiger partial charge in [-0.15, -0.1) is 5.10 Å². The predicted octanol–water partition coefficient (Wildman–Crippen LogP) is 0.0282. The van der Waals surface area contributed by atoms with Crippen molar-refractivity contribution in [3.8, 4) is 0 Å². The first-order valence-corrected chi connectivity index (χ1v) is 5.94. The standard InChI is InChI=1S/C11H12N6O/c1-2-12-11(13-3-1)16-5-9-10(6-16)18-7-8-4-14-15-17(8)9/h1-4,9-10H,5-7H2. The maximum absolute atomic E-state index is 5.84. The number of ether oxygens (including phenoxy) is 1. The number of rotatable bonds is 1. The van der Waals surface area contributed by atoms with E-state index >= 15 is 0 Å². The van der Waals surface area contributed by atoms with Gasteiger partial charge in [-0.05, 0) is 6.07 Å². The molecule has 2 aliphatic rings. The maximum Gasteiger partial charge on any atom is 0.225 e. The molecule has 1 fully saturated rings. The van der Waals surface area contributed by atoms with Crippen LogP contribution in [0, 0.1) is 0 Å². The molecule has 18 heavy (non-hydrogen) atoms. The van der Waals surface area contributed by atoms with Crippen molar-refractivity contribution in [3.05, 3.63) is 30.4 Å². The highest BCUT2D eigenvalue weighted by Crippen LogP contribution is 2.31. The third-order valence-corrected chi connectivity index (χ3v) is 3.48. The average molecular weight is 244 g/mol. The summed E-state index contributed by atoms with van der Waals surface area (Å²) in [5.74, 6) is 0.747. The summed E-state index contributed by atoms with van der Waals surface area (Å²) in [6.07, 6.45) is 5.42. The first-order valence-electron chi connectivity index (χ1n) is 5.94. The Hall–Kier alpha value is -2.02. The van der Waals surface area contributed by atoms with Gasteiger partial charge in [0.25, 0.3) is 0 Å². The highest BCUT2D eigenvalue weighted by Gasteiger charge is 2.40. The molecule has 4 rings (SSSR count).